The van der Waals surface area contributed by atoms with Crippen molar-refractivity contribution in [3.05, 3.63) is 65.4 Å². The van der Waals surface area contributed by atoms with Gasteiger partial charge in [0.1, 0.15) is 0 Å². The number of rotatable bonds is 4. The highest BCUT2D eigenvalue weighted by Crippen LogP contribution is 2.22. The van der Waals surface area contributed by atoms with Gasteiger partial charge in [-0.1, -0.05) is 30.3 Å². The van der Waals surface area contributed by atoms with Crippen molar-refractivity contribution < 1.29 is 4.79 Å². The van der Waals surface area contributed by atoms with Crippen molar-refractivity contribution in [3.63, 3.8) is 0 Å². The molecule has 0 atom stereocenters. The molecule has 3 aromatic rings. The van der Waals surface area contributed by atoms with Gasteiger partial charge in [0.15, 0.2) is 5.78 Å². The van der Waals surface area contributed by atoms with E-state index in [1.54, 1.807) is 0 Å². The number of para-hydroxylation sites is 1. The predicted molar refractivity (Wildman–Crippen MR) is 91.8 cm³/mol. The van der Waals surface area contributed by atoms with Gasteiger partial charge in [0.05, 0.1) is 6.54 Å². The monoisotopic (exact) mass is 292 g/mol. The summed E-state index contributed by atoms with van der Waals surface area (Å²) in [5, 5.41) is 0.988. The van der Waals surface area contributed by atoms with Crippen LogP contribution in [-0.2, 0) is 0 Å². The molecule has 22 heavy (non-hydrogen) atoms. The van der Waals surface area contributed by atoms with Crippen LogP contribution < -0.4 is 4.90 Å². The van der Waals surface area contributed by atoms with E-state index in [-0.39, 0.29) is 5.78 Å². The maximum atomic E-state index is 12.6. The Bertz CT molecular complexity index is 832. The number of benzene rings is 2. The molecule has 0 aliphatic heterocycles. The zero-order valence-corrected chi connectivity index (χ0v) is 13.2. The van der Waals surface area contributed by atoms with Crippen molar-refractivity contribution in [1.29, 1.82) is 0 Å². The van der Waals surface area contributed by atoms with Gasteiger partial charge in [0, 0.05) is 35.4 Å². The van der Waals surface area contributed by atoms with E-state index in [1.165, 1.54) is 11.1 Å². The zero-order valence-electron chi connectivity index (χ0n) is 13.2. The fourth-order valence-corrected chi connectivity index (χ4v) is 2.82. The number of nitrogens with one attached hydrogen (secondary N) is 1. The number of likely N-dealkylation sites (N-methyl/N-ethyl adjacent to an activating group) is 1. The number of fused-ring (bicyclic) bond motifs is 1. The van der Waals surface area contributed by atoms with Crippen LogP contribution in [0.1, 0.15) is 21.5 Å². The summed E-state index contributed by atoms with van der Waals surface area (Å²) in [6.45, 7) is 4.51. The van der Waals surface area contributed by atoms with Gasteiger partial charge in [-0.05, 0) is 37.1 Å². The van der Waals surface area contributed by atoms with Crippen LogP contribution in [0, 0.1) is 13.8 Å². The number of aromatic amines is 1. The summed E-state index contributed by atoms with van der Waals surface area (Å²) in [7, 11) is 1.97. The minimum Gasteiger partial charge on any atom is -0.367 e. The van der Waals surface area contributed by atoms with E-state index in [2.05, 4.69) is 37.0 Å². The lowest BCUT2D eigenvalue weighted by atomic mass is 10.1. The second-order valence-electron chi connectivity index (χ2n) is 5.82. The third kappa shape index (κ3) is 2.62. The molecule has 0 aliphatic rings. The topological polar surface area (TPSA) is 36.1 Å². The Kier molecular flexibility index (Phi) is 3.72. The lowest BCUT2D eigenvalue weighted by molar-refractivity contribution is 0.100. The Labute approximate surface area is 130 Å². The van der Waals surface area contributed by atoms with Crippen LogP contribution in [0.2, 0.25) is 0 Å². The van der Waals surface area contributed by atoms with Crippen LogP contribution in [0.25, 0.3) is 10.9 Å². The third-order valence-corrected chi connectivity index (χ3v) is 4.05. The third-order valence-electron chi connectivity index (χ3n) is 4.05. The molecule has 3 rings (SSSR count). The molecule has 0 saturated heterocycles. The molecule has 0 amide bonds. The highest BCUT2D eigenvalue weighted by atomic mass is 16.1. The number of aromatic nitrogens is 1. The lowest BCUT2D eigenvalue weighted by Gasteiger charge is -2.21. The van der Waals surface area contributed by atoms with Crippen molar-refractivity contribution in [2.45, 2.75) is 13.8 Å². The summed E-state index contributed by atoms with van der Waals surface area (Å²) in [5.74, 6) is 0.126. The van der Waals surface area contributed by atoms with Gasteiger partial charge in [-0.25, -0.2) is 0 Å². The van der Waals surface area contributed by atoms with Gasteiger partial charge >= 0.3 is 0 Å². The number of ketones is 1. The van der Waals surface area contributed by atoms with Crippen LogP contribution in [0.4, 0.5) is 5.69 Å². The molecule has 3 heteroatoms. The second kappa shape index (κ2) is 5.68. The Morgan fingerprint density at radius 3 is 2.73 bits per heavy atom. The number of H-pyrrole nitrogens is 1. The molecule has 1 heterocycles. The van der Waals surface area contributed by atoms with E-state index in [0.29, 0.717) is 6.54 Å². The Balaban J connectivity index is 1.86. The Hall–Kier alpha value is -2.55. The lowest BCUT2D eigenvalue weighted by Crippen LogP contribution is -2.26. The summed E-state index contributed by atoms with van der Waals surface area (Å²) in [4.78, 5) is 17.8. The van der Waals surface area contributed by atoms with Gasteiger partial charge in [-0.15, -0.1) is 0 Å². The average molecular weight is 292 g/mol. The maximum absolute atomic E-state index is 12.6. The largest absolute Gasteiger partial charge is 0.367 e. The standard InChI is InChI=1S/C19H20N2O/c1-13-8-9-14(2)18(10-13)21(3)12-19(22)16-11-20-17-7-5-4-6-15(16)17/h4-11,20H,12H2,1-3H3. The molecule has 112 valence electrons. The van der Waals surface area contributed by atoms with Crippen LogP contribution in [0.3, 0.4) is 0 Å². The minimum atomic E-state index is 0.126. The summed E-state index contributed by atoms with van der Waals surface area (Å²) in [5.41, 5.74) is 5.24. The SMILES string of the molecule is Cc1ccc(C)c(N(C)CC(=O)c2c[nH]c3ccccc23)c1. The smallest absolute Gasteiger partial charge is 0.184 e. The van der Waals surface area contributed by atoms with Gasteiger partial charge in [-0.2, -0.15) is 0 Å². The number of anilines is 1. The Morgan fingerprint density at radius 2 is 1.91 bits per heavy atom. The van der Waals surface area contributed by atoms with Crippen LogP contribution in [-0.4, -0.2) is 24.4 Å². The molecule has 0 saturated carbocycles. The van der Waals surface area contributed by atoms with Crippen molar-refractivity contribution >= 4 is 22.4 Å². The van der Waals surface area contributed by atoms with E-state index >= 15 is 0 Å². The fraction of sp³-hybridized carbons (Fsp3) is 0.211. The first-order chi connectivity index (χ1) is 10.6. The summed E-state index contributed by atoms with van der Waals surface area (Å²) < 4.78 is 0. The summed E-state index contributed by atoms with van der Waals surface area (Å²) >= 11 is 0. The van der Waals surface area contributed by atoms with Gasteiger partial charge in [-0.3, -0.25) is 4.79 Å². The zero-order chi connectivity index (χ0) is 15.7. The van der Waals surface area contributed by atoms with Crippen molar-refractivity contribution in [2.75, 3.05) is 18.5 Å². The first kappa shape index (κ1) is 14.4. The molecule has 1 N–H and O–H groups in total. The molecule has 0 bridgehead atoms. The molecule has 0 radical (unpaired) electrons. The molecular formula is C19H20N2O. The average Bonchev–Trinajstić information content (AvgIpc) is 2.93. The predicted octanol–water partition coefficient (Wildman–Crippen LogP) is 4.10. The number of nitrogens with zero attached hydrogens (tertiary/aromatic N) is 1. The molecule has 2 aromatic carbocycles. The molecular weight excluding hydrogens is 272 g/mol. The minimum absolute atomic E-state index is 0.126. The molecule has 0 spiro atoms. The van der Waals surface area contributed by atoms with Gasteiger partial charge in [0.25, 0.3) is 0 Å². The maximum Gasteiger partial charge on any atom is 0.184 e. The first-order valence-corrected chi connectivity index (χ1v) is 7.44. The number of carbonyl (C=O) groups excluding carboxylic acids is 1. The number of Topliss-reactive ketones (excluding diaryl/α,β-unsaturated/α-hetero) is 1. The molecule has 0 aliphatic carbocycles. The van der Waals surface area contributed by atoms with E-state index in [9.17, 15) is 4.79 Å². The first-order valence-electron chi connectivity index (χ1n) is 7.44. The highest BCUT2D eigenvalue weighted by molar-refractivity contribution is 6.09. The number of carbonyl (C=O) groups is 1. The van der Waals surface area contributed by atoms with E-state index in [4.69, 9.17) is 0 Å². The van der Waals surface area contributed by atoms with E-state index < -0.39 is 0 Å². The highest BCUT2D eigenvalue weighted by Gasteiger charge is 2.15. The number of hydrogen-bond acceptors (Lipinski definition) is 2. The molecule has 0 unspecified atom stereocenters. The quantitative estimate of drug-likeness (QED) is 0.735. The van der Waals surface area contributed by atoms with Crippen LogP contribution >= 0.6 is 0 Å². The van der Waals surface area contributed by atoms with Crippen LogP contribution in [0.15, 0.2) is 48.7 Å². The Morgan fingerprint density at radius 1 is 1.14 bits per heavy atom. The van der Waals surface area contributed by atoms with E-state index in [0.717, 1.165) is 22.2 Å². The van der Waals surface area contributed by atoms with Crippen molar-refractivity contribution in [3.8, 4) is 0 Å². The van der Waals surface area contributed by atoms with Gasteiger partial charge < -0.3 is 9.88 Å². The fourth-order valence-electron chi connectivity index (χ4n) is 2.82. The van der Waals surface area contributed by atoms with Crippen LogP contribution in [0.5, 0.6) is 0 Å². The molecule has 1 aromatic heterocycles. The second-order valence-corrected chi connectivity index (χ2v) is 5.82. The molecule has 0 fully saturated rings. The number of hydrogen-bond donors (Lipinski definition) is 1. The molecule has 3 nitrogen and oxygen atoms in total. The summed E-state index contributed by atoms with van der Waals surface area (Å²) in [6.07, 6.45) is 1.81. The van der Waals surface area contributed by atoms with Gasteiger partial charge in [0.2, 0.25) is 0 Å². The summed E-state index contributed by atoms with van der Waals surface area (Å²) in [6, 6.07) is 14.2. The number of aryl methyl sites for hydroxylation is 2. The van der Waals surface area contributed by atoms with Crippen molar-refractivity contribution in [2.24, 2.45) is 0 Å². The normalized spacial score (nSPS) is 10.9. The van der Waals surface area contributed by atoms with Crippen molar-refractivity contribution in [1.82, 2.24) is 4.98 Å². The van der Waals surface area contributed by atoms with E-state index in [1.807, 2.05) is 42.4 Å².